The van der Waals surface area contributed by atoms with Crippen LogP contribution in [-0.4, -0.2) is 36.1 Å². The molecule has 116 valence electrons. The van der Waals surface area contributed by atoms with Crippen molar-refractivity contribution >= 4 is 0 Å². The molecule has 2 nitrogen and oxygen atoms in total. The van der Waals surface area contributed by atoms with E-state index >= 15 is 0 Å². The normalized spacial score (nSPS) is 24.0. The van der Waals surface area contributed by atoms with E-state index in [1.165, 1.54) is 63.6 Å². The lowest BCUT2D eigenvalue weighted by Crippen LogP contribution is -2.64. The molecule has 2 heteroatoms. The van der Waals surface area contributed by atoms with Crippen LogP contribution in [0.4, 0.5) is 0 Å². The van der Waals surface area contributed by atoms with Crippen molar-refractivity contribution in [2.24, 2.45) is 0 Å². The molecule has 1 aliphatic heterocycles. The number of benzene rings is 1. The number of hydrogen-bond donors (Lipinski definition) is 1. The van der Waals surface area contributed by atoms with E-state index in [-0.39, 0.29) is 0 Å². The Morgan fingerprint density at radius 2 is 1.90 bits per heavy atom. The SMILES string of the molecule is CC(CCc1ccccc1)N1CCNCC12CCCCC2. The van der Waals surface area contributed by atoms with Crippen molar-refractivity contribution in [2.75, 3.05) is 19.6 Å². The molecule has 0 amide bonds. The van der Waals surface area contributed by atoms with Gasteiger partial charge in [-0.1, -0.05) is 49.6 Å². The quantitative estimate of drug-likeness (QED) is 0.909. The highest BCUT2D eigenvalue weighted by molar-refractivity contribution is 5.15. The van der Waals surface area contributed by atoms with Gasteiger partial charge in [0.1, 0.15) is 0 Å². The molecular formula is C19H30N2. The van der Waals surface area contributed by atoms with Gasteiger partial charge in [0.15, 0.2) is 0 Å². The van der Waals surface area contributed by atoms with Gasteiger partial charge in [0.05, 0.1) is 0 Å². The third kappa shape index (κ3) is 3.49. The number of hydrogen-bond acceptors (Lipinski definition) is 2. The number of piperazine rings is 1. The number of aryl methyl sites for hydroxylation is 1. The van der Waals surface area contributed by atoms with Gasteiger partial charge in [-0.05, 0) is 38.2 Å². The molecule has 1 N–H and O–H groups in total. The second kappa shape index (κ2) is 6.93. The monoisotopic (exact) mass is 286 g/mol. The zero-order chi connectivity index (χ0) is 14.5. The Kier molecular flexibility index (Phi) is 4.97. The van der Waals surface area contributed by atoms with Crippen LogP contribution in [-0.2, 0) is 6.42 Å². The zero-order valence-electron chi connectivity index (χ0n) is 13.5. The molecule has 1 saturated heterocycles. The van der Waals surface area contributed by atoms with Gasteiger partial charge >= 0.3 is 0 Å². The lowest BCUT2D eigenvalue weighted by Gasteiger charge is -2.52. The van der Waals surface area contributed by atoms with E-state index in [1.54, 1.807) is 0 Å². The third-order valence-corrected chi connectivity index (χ3v) is 5.60. The second-order valence-electron chi connectivity index (χ2n) is 7.03. The van der Waals surface area contributed by atoms with Crippen molar-refractivity contribution in [1.29, 1.82) is 0 Å². The Morgan fingerprint density at radius 3 is 2.67 bits per heavy atom. The van der Waals surface area contributed by atoms with Gasteiger partial charge < -0.3 is 5.32 Å². The summed E-state index contributed by atoms with van der Waals surface area (Å²) >= 11 is 0. The van der Waals surface area contributed by atoms with E-state index in [0.717, 1.165) is 6.54 Å². The minimum absolute atomic E-state index is 0.465. The molecule has 2 aliphatic rings. The molecule has 1 aliphatic carbocycles. The molecule has 0 aromatic heterocycles. The Balaban J connectivity index is 1.62. The molecule has 1 spiro atoms. The zero-order valence-corrected chi connectivity index (χ0v) is 13.5. The molecule has 1 aromatic rings. The fraction of sp³-hybridized carbons (Fsp3) is 0.684. The summed E-state index contributed by atoms with van der Waals surface area (Å²) in [6.45, 7) is 6.06. The van der Waals surface area contributed by atoms with Crippen LogP contribution in [0.2, 0.25) is 0 Å². The molecule has 1 atom stereocenters. The van der Waals surface area contributed by atoms with Gasteiger partial charge in [0.2, 0.25) is 0 Å². The molecule has 3 rings (SSSR count). The summed E-state index contributed by atoms with van der Waals surface area (Å²) in [7, 11) is 0. The first-order valence-corrected chi connectivity index (χ1v) is 8.82. The number of nitrogens with one attached hydrogen (secondary N) is 1. The van der Waals surface area contributed by atoms with Crippen molar-refractivity contribution in [3.05, 3.63) is 35.9 Å². The lowest BCUT2D eigenvalue weighted by molar-refractivity contribution is -0.00417. The van der Waals surface area contributed by atoms with Gasteiger partial charge in [0, 0.05) is 31.2 Å². The minimum Gasteiger partial charge on any atom is -0.314 e. The molecular weight excluding hydrogens is 256 g/mol. The van der Waals surface area contributed by atoms with E-state index in [0.29, 0.717) is 11.6 Å². The van der Waals surface area contributed by atoms with Crippen LogP contribution in [0.1, 0.15) is 51.0 Å². The first-order valence-electron chi connectivity index (χ1n) is 8.82. The maximum atomic E-state index is 3.66. The fourth-order valence-electron chi connectivity index (χ4n) is 4.40. The summed E-state index contributed by atoms with van der Waals surface area (Å²) in [6.07, 6.45) is 9.57. The summed E-state index contributed by atoms with van der Waals surface area (Å²) in [5, 5.41) is 3.66. The summed E-state index contributed by atoms with van der Waals surface area (Å²) in [4.78, 5) is 2.85. The Bertz CT molecular complexity index is 414. The summed E-state index contributed by atoms with van der Waals surface area (Å²) in [6, 6.07) is 11.7. The predicted molar refractivity (Wildman–Crippen MR) is 89.6 cm³/mol. The van der Waals surface area contributed by atoms with E-state index in [2.05, 4.69) is 47.5 Å². The van der Waals surface area contributed by atoms with Gasteiger partial charge in [0.25, 0.3) is 0 Å². The smallest absolute Gasteiger partial charge is 0.0337 e. The lowest BCUT2D eigenvalue weighted by atomic mass is 9.78. The van der Waals surface area contributed by atoms with Crippen LogP contribution in [0.5, 0.6) is 0 Å². The van der Waals surface area contributed by atoms with E-state index in [1.807, 2.05) is 0 Å². The largest absolute Gasteiger partial charge is 0.314 e. The van der Waals surface area contributed by atoms with Crippen LogP contribution >= 0.6 is 0 Å². The third-order valence-electron chi connectivity index (χ3n) is 5.60. The van der Waals surface area contributed by atoms with Crippen molar-refractivity contribution in [2.45, 2.75) is 63.5 Å². The molecule has 21 heavy (non-hydrogen) atoms. The molecule has 0 radical (unpaired) electrons. The molecule has 2 fully saturated rings. The highest BCUT2D eigenvalue weighted by atomic mass is 15.3. The average molecular weight is 286 g/mol. The van der Waals surface area contributed by atoms with Crippen molar-refractivity contribution in [3.8, 4) is 0 Å². The first-order chi connectivity index (χ1) is 10.3. The maximum Gasteiger partial charge on any atom is 0.0337 e. The van der Waals surface area contributed by atoms with Crippen LogP contribution in [0.3, 0.4) is 0 Å². The molecule has 1 saturated carbocycles. The van der Waals surface area contributed by atoms with Crippen LogP contribution in [0.25, 0.3) is 0 Å². The Morgan fingerprint density at radius 1 is 1.14 bits per heavy atom. The maximum absolute atomic E-state index is 3.66. The topological polar surface area (TPSA) is 15.3 Å². The van der Waals surface area contributed by atoms with Gasteiger partial charge in [-0.15, -0.1) is 0 Å². The van der Waals surface area contributed by atoms with E-state index < -0.39 is 0 Å². The predicted octanol–water partition coefficient (Wildman–Crippen LogP) is 3.62. The minimum atomic E-state index is 0.465. The Labute approximate surface area is 129 Å². The number of rotatable bonds is 4. The number of nitrogens with zero attached hydrogens (tertiary/aromatic N) is 1. The van der Waals surface area contributed by atoms with Crippen LogP contribution in [0.15, 0.2) is 30.3 Å². The van der Waals surface area contributed by atoms with Crippen LogP contribution < -0.4 is 5.32 Å². The molecule has 1 heterocycles. The fourth-order valence-corrected chi connectivity index (χ4v) is 4.40. The molecule has 0 bridgehead atoms. The van der Waals surface area contributed by atoms with Crippen LogP contribution in [0, 0.1) is 0 Å². The van der Waals surface area contributed by atoms with Gasteiger partial charge in [-0.3, -0.25) is 4.90 Å². The second-order valence-corrected chi connectivity index (χ2v) is 7.03. The molecule has 1 aromatic carbocycles. The highest BCUT2D eigenvalue weighted by Crippen LogP contribution is 2.36. The first kappa shape index (κ1) is 15.1. The van der Waals surface area contributed by atoms with Crippen molar-refractivity contribution < 1.29 is 0 Å². The van der Waals surface area contributed by atoms with E-state index in [4.69, 9.17) is 0 Å². The molecule has 1 unspecified atom stereocenters. The summed E-state index contributed by atoms with van der Waals surface area (Å²) in [5.74, 6) is 0. The highest BCUT2D eigenvalue weighted by Gasteiger charge is 2.41. The van der Waals surface area contributed by atoms with Crippen molar-refractivity contribution in [1.82, 2.24) is 10.2 Å². The Hall–Kier alpha value is -0.860. The summed E-state index contributed by atoms with van der Waals surface area (Å²) in [5.41, 5.74) is 1.95. The van der Waals surface area contributed by atoms with E-state index in [9.17, 15) is 0 Å². The van der Waals surface area contributed by atoms with Gasteiger partial charge in [-0.25, -0.2) is 0 Å². The summed E-state index contributed by atoms with van der Waals surface area (Å²) < 4.78 is 0. The van der Waals surface area contributed by atoms with Crippen molar-refractivity contribution in [3.63, 3.8) is 0 Å². The average Bonchev–Trinajstić information content (AvgIpc) is 2.55. The standard InChI is InChI=1S/C19H30N2/c1-17(10-11-18-8-4-2-5-9-18)21-15-14-20-16-19(21)12-6-3-7-13-19/h2,4-5,8-9,17,20H,3,6-7,10-16H2,1H3. The van der Waals surface area contributed by atoms with Gasteiger partial charge in [-0.2, -0.15) is 0 Å².